The van der Waals surface area contributed by atoms with Crippen LogP contribution in [0.5, 0.6) is 0 Å². The molecule has 0 aromatic carbocycles. The highest BCUT2D eigenvalue weighted by molar-refractivity contribution is 6.09. The summed E-state index contributed by atoms with van der Waals surface area (Å²) >= 11 is 0. The van der Waals surface area contributed by atoms with E-state index in [0.717, 1.165) is 0 Å². The molecule has 0 aliphatic carbocycles. The van der Waals surface area contributed by atoms with Gasteiger partial charge in [0.05, 0.1) is 6.61 Å². The molecule has 0 spiro atoms. The molecule has 6 nitrogen and oxygen atoms in total. The number of nitrogens with zero attached hydrogens (tertiary/aromatic N) is 1. The van der Waals surface area contributed by atoms with Crippen LogP contribution in [0.4, 0.5) is 18.0 Å². The monoisotopic (exact) mass is 268 g/mol. The Kier molecular flexibility index (Phi) is 3.54. The van der Waals surface area contributed by atoms with Gasteiger partial charge < -0.3 is 10.1 Å². The average molecular weight is 268 g/mol. The Morgan fingerprint density at radius 2 is 2.00 bits per heavy atom. The minimum atomic E-state index is -4.94. The molecule has 3 amide bonds. The van der Waals surface area contributed by atoms with Crippen LogP contribution in [0.1, 0.15) is 13.8 Å². The van der Waals surface area contributed by atoms with E-state index < -0.39 is 36.2 Å². The van der Waals surface area contributed by atoms with Crippen molar-refractivity contribution < 1.29 is 32.3 Å². The molecule has 1 aliphatic heterocycles. The predicted molar refractivity (Wildman–Crippen MR) is 51.3 cm³/mol. The van der Waals surface area contributed by atoms with Crippen LogP contribution in [0, 0.1) is 0 Å². The molecular formula is C9H11F3N2O4. The maximum Gasteiger partial charge on any atom is 0.420 e. The lowest BCUT2D eigenvalue weighted by Crippen LogP contribution is -2.56. The molecular weight excluding hydrogens is 257 g/mol. The van der Waals surface area contributed by atoms with E-state index >= 15 is 0 Å². The lowest BCUT2D eigenvalue weighted by molar-refractivity contribution is -0.191. The van der Waals surface area contributed by atoms with Gasteiger partial charge in [0, 0.05) is 0 Å². The second-order valence-corrected chi connectivity index (χ2v) is 3.75. The van der Waals surface area contributed by atoms with E-state index in [2.05, 4.69) is 4.74 Å². The highest BCUT2D eigenvalue weighted by Gasteiger charge is 2.64. The SMILES string of the molecule is CCOC(=O)CN1C(=O)NC(C)(C(F)(F)F)C1=O. The molecule has 1 aliphatic rings. The van der Waals surface area contributed by atoms with Crippen LogP contribution >= 0.6 is 0 Å². The highest BCUT2D eigenvalue weighted by atomic mass is 19.4. The second-order valence-electron chi connectivity index (χ2n) is 3.75. The van der Waals surface area contributed by atoms with E-state index in [1.54, 1.807) is 0 Å². The molecule has 1 heterocycles. The van der Waals surface area contributed by atoms with Gasteiger partial charge in [0.2, 0.25) is 5.54 Å². The zero-order chi connectivity index (χ0) is 14.1. The molecule has 1 unspecified atom stereocenters. The van der Waals surface area contributed by atoms with E-state index in [9.17, 15) is 27.6 Å². The Morgan fingerprint density at radius 3 is 2.39 bits per heavy atom. The van der Waals surface area contributed by atoms with Crippen LogP contribution < -0.4 is 5.32 Å². The van der Waals surface area contributed by atoms with Crippen molar-refractivity contribution in [2.75, 3.05) is 13.2 Å². The predicted octanol–water partition coefficient (Wildman–Crippen LogP) is 0.422. The molecule has 1 atom stereocenters. The third kappa shape index (κ3) is 2.24. The lowest BCUT2D eigenvalue weighted by atomic mass is 10.0. The number of carbonyl (C=O) groups excluding carboxylic acids is 3. The van der Waals surface area contributed by atoms with Crippen molar-refractivity contribution in [1.82, 2.24) is 10.2 Å². The Bertz CT molecular complexity index is 396. The summed E-state index contributed by atoms with van der Waals surface area (Å²) in [6.07, 6.45) is -4.94. The van der Waals surface area contributed by atoms with Crippen LogP contribution in [0.3, 0.4) is 0 Å². The standard InChI is InChI=1S/C9H11F3N2O4/c1-3-18-5(15)4-14-6(16)8(2,9(10,11)12)13-7(14)17/h3-4H2,1-2H3,(H,13,17). The number of imide groups is 1. The first-order valence-corrected chi connectivity index (χ1v) is 5.00. The van der Waals surface area contributed by atoms with Crippen LogP contribution in [0.25, 0.3) is 0 Å². The minimum absolute atomic E-state index is 0.000971. The number of alkyl halides is 3. The maximum atomic E-state index is 12.6. The lowest BCUT2D eigenvalue weighted by Gasteiger charge is -2.24. The van der Waals surface area contributed by atoms with Crippen LogP contribution in [0.2, 0.25) is 0 Å². The number of nitrogens with one attached hydrogen (secondary N) is 1. The Balaban J connectivity index is 2.89. The Labute approximate surface area is 100 Å². The Hall–Kier alpha value is -1.80. The molecule has 9 heteroatoms. The van der Waals surface area contributed by atoms with E-state index in [-0.39, 0.29) is 11.5 Å². The van der Waals surface area contributed by atoms with Crippen molar-refractivity contribution in [3.63, 3.8) is 0 Å². The number of ether oxygens (including phenoxy) is 1. The van der Waals surface area contributed by atoms with Gasteiger partial charge in [0.15, 0.2) is 0 Å². The molecule has 0 aromatic rings. The number of rotatable bonds is 3. The molecule has 1 fully saturated rings. The maximum absolute atomic E-state index is 12.6. The molecule has 102 valence electrons. The molecule has 1 saturated heterocycles. The van der Waals surface area contributed by atoms with Gasteiger partial charge in [-0.2, -0.15) is 13.2 Å². The smallest absolute Gasteiger partial charge is 0.420 e. The summed E-state index contributed by atoms with van der Waals surface area (Å²) < 4.78 is 42.4. The third-order valence-corrected chi connectivity index (χ3v) is 2.43. The number of hydrogen-bond donors (Lipinski definition) is 1. The van der Waals surface area contributed by atoms with Crippen LogP contribution in [-0.2, 0) is 14.3 Å². The van der Waals surface area contributed by atoms with Crippen molar-refractivity contribution in [3.8, 4) is 0 Å². The molecule has 0 saturated carbocycles. The summed E-state index contributed by atoms with van der Waals surface area (Å²) in [4.78, 5) is 34.1. The van der Waals surface area contributed by atoms with Gasteiger partial charge >= 0.3 is 18.2 Å². The van der Waals surface area contributed by atoms with E-state index in [4.69, 9.17) is 0 Å². The molecule has 0 aromatic heterocycles. The third-order valence-electron chi connectivity index (χ3n) is 2.43. The van der Waals surface area contributed by atoms with Gasteiger partial charge in [0.1, 0.15) is 6.54 Å². The van der Waals surface area contributed by atoms with Gasteiger partial charge in [-0.05, 0) is 13.8 Å². The van der Waals surface area contributed by atoms with Crippen molar-refractivity contribution in [2.45, 2.75) is 25.6 Å². The van der Waals surface area contributed by atoms with Crippen molar-refractivity contribution >= 4 is 17.9 Å². The van der Waals surface area contributed by atoms with E-state index in [1.807, 2.05) is 0 Å². The summed E-state index contributed by atoms with van der Waals surface area (Å²) in [7, 11) is 0. The molecule has 18 heavy (non-hydrogen) atoms. The summed E-state index contributed by atoms with van der Waals surface area (Å²) in [5.74, 6) is -2.47. The summed E-state index contributed by atoms with van der Waals surface area (Å²) in [6.45, 7) is 1.19. The van der Waals surface area contributed by atoms with Crippen molar-refractivity contribution in [2.24, 2.45) is 0 Å². The number of hydrogen-bond acceptors (Lipinski definition) is 4. The molecule has 0 bridgehead atoms. The topological polar surface area (TPSA) is 75.7 Å². The van der Waals surface area contributed by atoms with Gasteiger partial charge in [0.25, 0.3) is 5.91 Å². The van der Waals surface area contributed by atoms with Gasteiger partial charge in [-0.25, -0.2) is 4.79 Å². The Morgan fingerprint density at radius 1 is 1.44 bits per heavy atom. The number of halogens is 3. The number of esters is 1. The summed E-state index contributed by atoms with van der Waals surface area (Å²) in [5.41, 5.74) is -3.00. The first kappa shape index (κ1) is 14.3. The van der Waals surface area contributed by atoms with Gasteiger partial charge in [-0.3, -0.25) is 14.5 Å². The highest BCUT2D eigenvalue weighted by Crippen LogP contribution is 2.34. The van der Waals surface area contributed by atoms with Crippen molar-refractivity contribution in [3.05, 3.63) is 0 Å². The zero-order valence-corrected chi connectivity index (χ0v) is 9.63. The number of amides is 3. The quantitative estimate of drug-likeness (QED) is 0.594. The van der Waals surface area contributed by atoms with Gasteiger partial charge in [-0.1, -0.05) is 0 Å². The summed E-state index contributed by atoms with van der Waals surface area (Å²) in [5, 5.41) is 1.52. The fourth-order valence-corrected chi connectivity index (χ4v) is 1.37. The average Bonchev–Trinajstić information content (AvgIpc) is 2.43. The normalized spacial score (nSPS) is 24.2. The first-order valence-electron chi connectivity index (χ1n) is 5.00. The van der Waals surface area contributed by atoms with Gasteiger partial charge in [-0.15, -0.1) is 0 Å². The van der Waals surface area contributed by atoms with E-state index in [0.29, 0.717) is 6.92 Å². The molecule has 1 rings (SSSR count). The van der Waals surface area contributed by atoms with Crippen LogP contribution in [-0.4, -0.2) is 47.7 Å². The molecule has 1 N–H and O–H groups in total. The molecule has 0 radical (unpaired) electrons. The largest absolute Gasteiger partial charge is 0.465 e. The van der Waals surface area contributed by atoms with E-state index in [1.165, 1.54) is 12.2 Å². The van der Waals surface area contributed by atoms with Crippen LogP contribution in [0.15, 0.2) is 0 Å². The zero-order valence-electron chi connectivity index (χ0n) is 9.63. The second kappa shape index (κ2) is 4.46. The fourth-order valence-electron chi connectivity index (χ4n) is 1.37. The fraction of sp³-hybridized carbons (Fsp3) is 0.667. The first-order chi connectivity index (χ1) is 8.13. The number of urea groups is 1. The summed E-state index contributed by atoms with van der Waals surface area (Å²) in [6, 6.07) is -1.27. The minimum Gasteiger partial charge on any atom is -0.465 e. The van der Waals surface area contributed by atoms with Crippen molar-refractivity contribution in [1.29, 1.82) is 0 Å². The number of carbonyl (C=O) groups is 3.